The number of thiazole rings is 1. The van der Waals surface area contributed by atoms with E-state index >= 15 is 0 Å². The topological polar surface area (TPSA) is 68.3 Å². The van der Waals surface area contributed by atoms with Crippen LogP contribution in [0.2, 0.25) is 0 Å². The largest absolute Gasteiger partial charge is 0.300 e. The quantitative estimate of drug-likeness (QED) is 0.297. The second kappa shape index (κ2) is 9.93. The van der Waals surface area contributed by atoms with E-state index in [1.165, 1.54) is 24.8 Å². The lowest BCUT2D eigenvalue weighted by Gasteiger charge is -2.26. The lowest BCUT2D eigenvalue weighted by Crippen LogP contribution is -2.30. The van der Waals surface area contributed by atoms with E-state index in [2.05, 4.69) is 43.9 Å². The van der Waals surface area contributed by atoms with E-state index in [9.17, 15) is 4.79 Å². The molecule has 0 N–H and O–H groups in total. The molecule has 178 valence electrons. The Morgan fingerprint density at radius 2 is 1.71 bits per heavy atom. The standard InChI is InChI=1S/C26H26N6OS2/c33-24-15-20(27-25-32(24)21-11-5-6-12-22(21)35-25)18-34-26-29-28-23(17-30-13-7-2-8-14-30)31(26)16-19-9-3-1-4-10-19/h1,3-6,9-12,15H,2,7-8,13-14,16-18H2. The van der Waals surface area contributed by atoms with Gasteiger partial charge in [0.15, 0.2) is 10.1 Å². The number of rotatable bonds is 7. The summed E-state index contributed by atoms with van der Waals surface area (Å²) in [6, 6.07) is 20.0. The van der Waals surface area contributed by atoms with Gasteiger partial charge >= 0.3 is 0 Å². The fourth-order valence-electron chi connectivity index (χ4n) is 4.62. The number of hydrogen-bond donors (Lipinski definition) is 0. The normalized spacial score (nSPS) is 14.7. The maximum absolute atomic E-state index is 12.9. The first kappa shape index (κ1) is 22.5. The number of para-hydroxylation sites is 1. The second-order valence-electron chi connectivity index (χ2n) is 8.87. The lowest BCUT2D eigenvalue weighted by molar-refractivity contribution is 0.213. The predicted molar refractivity (Wildman–Crippen MR) is 141 cm³/mol. The number of benzene rings is 2. The zero-order chi connectivity index (χ0) is 23.6. The molecule has 0 unspecified atom stereocenters. The number of likely N-dealkylation sites (tertiary alicyclic amines) is 1. The van der Waals surface area contributed by atoms with Crippen LogP contribution in [0.1, 0.15) is 36.3 Å². The molecule has 6 rings (SSSR count). The average Bonchev–Trinajstić information content (AvgIpc) is 3.45. The van der Waals surface area contributed by atoms with Crippen LogP contribution in [0, 0.1) is 0 Å². The van der Waals surface area contributed by atoms with Gasteiger partial charge in [0.05, 0.1) is 29.0 Å². The highest BCUT2D eigenvalue weighted by Crippen LogP contribution is 2.26. The summed E-state index contributed by atoms with van der Waals surface area (Å²) in [5, 5.41) is 9.99. The monoisotopic (exact) mass is 502 g/mol. The summed E-state index contributed by atoms with van der Waals surface area (Å²) in [7, 11) is 0. The molecule has 1 aliphatic rings. The third-order valence-electron chi connectivity index (χ3n) is 6.39. The molecule has 1 saturated heterocycles. The van der Waals surface area contributed by atoms with Gasteiger partial charge in [0.25, 0.3) is 5.56 Å². The predicted octanol–water partition coefficient (Wildman–Crippen LogP) is 4.83. The van der Waals surface area contributed by atoms with Crippen LogP contribution >= 0.6 is 23.1 Å². The molecule has 0 radical (unpaired) electrons. The van der Waals surface area contributed by atoms with Crippen LogP contribution in [0.3, 0.4) is 0 Å². The van der Waals surface area contributed by atoms with E-state index in [0.717, 1.165) is 58.0 Å². The van der Waals surface area contributed by atoms with Crippen molar-refractivity contribution in [2.75, 3.05) is 13.1 Å². The molecular weight excluding hydrogens is 476 g/mol. The maximum Gasteiger partial charge on any atom is 0.259 e. The minimum Gasteiger partial charge on any atom is -0.300 e. The number of fused-ring (bicyclic) bond motifs is 3. The molecule has 9 heteroatoms. The number of thioether (sulfide) groups is 1. The van der Waals surface area contributed by atoms with Gasteiger partial charge in [-0.15, -0.1) is 10.2 Å². The summed E-state index contributed by atoms with van der Waals surface area (Å²) in [5.74, 6) is 1.56. The van der Waals surface area contributed by atoms with Crippen LogP contribution in [-0.2, 0) is 18.8 Å². The molecule has 2 aromatic carbocycles. The number of piperidine rings is 1. The Kier molecular flexibility index (Phi) is 6.37. The van der Waals surface area contributed by atoms with E-state index < -0.39 is 0 Å². The summed E-state index contributed by atoms with van der Waals surface area (Å²) in [6.45, 7) is 3.77. The minimum absolute atomic E-state index is 0.0420. The van der Waals surface area contributed by atoms with Crippen LogP contribution in [-0.4, -0.2) is 42.1 Å². The van der Waals surface area contributed by atoms with Gasteiger partial charge in [-0.05, 0) is 43.6 Å². The summed E-state index contributed by atoms with van der Waals surface area (Å²) < 4.78 is 4.98. The van der Waals surface area contributed by atoms with E-state index in [0.29, 0.717) is 5.75 Å². The SMILES string of the molecule is O=c1cc(CSc2nnc(CN3CCCCC3)n2Cc2ccccc2)nc2sc3ccccc3n12. The average molecular weight is 503 g/mol. The van der Waals surface area contributed by atoms with Crippen molar-refractivity contribution in [3.63, 3.8) is 0 Å². The van der Waals surface area contributed by atoms with Crippen molar-refractivity contribution in [3.05, 3.63) is 88.1 Å². The Bertz CT molecular complexity index is 1520. The number of hydrogen-bond acceptors (Lipinski definition) is 7. The molecule has 4 heterocycles. The fraction of sp³-hybridized carbons (Fsp3) is 0.308. The zero-order valence-corrected chi connectivity index (χ0v) is 21.0. The highest BCUT2D eigenvalue weighted by molar-refractivity contribution is 7.98. The first-order chi connectivity index (χ1) is 17.2. The zero-order valence-electron chi connectivity index (χ0n) is 19.3. The molecule has 0 spiro atoms. The van der Waals surface area contributed by atoms with Crippen molar-refractivity contribution in [1.82, 2.24) is 29.0 Å². The molecule has 1 aliphatic heterocycles. The van der Waals surface area contributed by atoms with Crippen molar-refractivity contribution in [1.29, 1.82) is 0 Å². The second-order valence-corrected chi connectivity index (χ2v) is 10.8. The number of aromatic nitrogens is 5. The van der Waals surface area contributed by atoms with E-state index in [1.54, 1.807) is 33.6 Å². The van der Waals surface area contributed by atoms with Crippen LogP contribution < -0.4 is 5.56 Å². The van der Waals surface area contributed by atoms with Gasteiger partial charge in [-0.25, -0.2) is 4.98 Å². The van der Waals surface area contributed by atoms with Crippen molar-refractivity contribution in [2.24, 2.45) is 0 Å². The maximum atomic E-state index is 12.9. The Labute approximate surface area is 211 Å². The van der Waals surface area contributed by atoms with Crippen molar-refractivity contribution < 1.29 is 0 Å². The van der Waals surface area contributed by atoms with Gasteiger partial charge in [-0.1, -0.05) is 72.0 Å². The molecule has 0 bridgehead atoms. The third kappa shape index (κ3) is 4.76. The van der Waals surface area contributed by atoms with Crippen molar-refractivity contribution in [3.8, 4) is 0 Å². The third-order valence-corrected chi connectivity index (χ3v) is 8.41. The van der Waals surface area contributed by atoms with E-state index in [1.807, 2.05) is 30.3 Å². The van der Waals surface area contributed by atoms with Crippen molar-refractivity contribution >= 4 is 38.3 Å². The Morgan fingerprint density at radius 3 is 2.57 bits per heavy atom. The van der Waals surface area contributed by atoms with Gasteiger partial charge in [0.1, 0.15) is 5.82 Å². The Hall–Kier alpha value is -3.01. The van der Waals surface area contributed by atoms with Gasteiger partial charge < -0.3 is 4.57 Å². The molecule has 35 heavy (non-hydrogen) atoms. The fourth-order valence-corrected chi connectivity index (χ4v) is 6.52. The summed E-state index contributed by atoms with van der Waals surface area (Å²) >= 11 is 3.14. The summed E-state index contributed by atoms with van der Waals surface area (Å²) in [4.78, 5) is 20.9. The Balaban J connectivity index is 1.27. The molecule has 5 aromatic rings. The highest BCUT2D eigenvalue weighted by Gasteiger charge is 2.18. The van der Waals surface area contributed by atoms with E-state index in [4.69, 9.17) is 4.98 Å². The van der Waals surface area contributed by atoms with E-state index in [-0.39, 0.29) is 5.56 Å². The first-order valence-electron chi connectivity index (χ1n) is 12.0. The summed E-state index contributed by atoms with van der Waals surface area (Å²) in [6.07, 6.45) is 3.80. The van der Waals surface area contributed by atoms with Crippen LogP contribution in [0.4, 0.5) is 0 Å². The van der Waals surface area contributed by atoms with Gasteiger partial charge in [-0.3, -0.25) is 14.1 Å². The van der Waals surface area contributed by atoms with Gasteiger partial charge in [0.2, 0.25) is 0 Å². The lowest BCUT2D eigenvalue weighted by atomic mass is 10.1. The Morgan fingerprint density at radius 1 is 0.914 bits per heavy atom. The summed E-state index contributed by atoms with van der Waals surface area (Å²) in [5.41, 5.74) is 2.85. The molecule has 1 fully saturated rings. The molecule has 0 saturated carbocycles. The first-order valence-corrected chi connectivity index (χ1v) is 13.8. The smallest absolute Gasteiger partial charge is 0.259 e. The van der Waals surface area contributed by atoms with Crippen LogP contribution in [0.15, 0.2) is 70.6 Å². The van der Waals surface area contributed by atoms with Gasteiger partial charge in [-0.2, -0.15) is 0 Å². The van der Waals surface area contributed by atoms with Gasteiger partial charge in [0, 0.05) is 11.8 Å². The number of nitrogens with zero attached hydrogens (tertiary/aromatic N) is 6. The van der Waals surface area contributed by atoms with Crippen LogP contribution in [0.25, 0.3) is 15.2 Å². The molecule has 3 aromatic heterocycles. The molecule has 7 nitrogen and oxygen atoms in total. The molecule has 0 atom stereocenters. The van der Waals surface area contributed by atoms with Crippen molar-refractivity contribution in [2.45, 2.75) is 43.3 Å². The highest BCUT2D eigenvalue weighted by atomic mass is 32.2. The van der Waals surface area contributed by atoms with Crippen LogP contribution in [0.5, 0.6) is 0 Å². The molecule has 0 amide bonds. The molecular formula is C26H26N6OS2. The molecule has 0 aliphatic carbocycles. The minimum atomic E-state index is -0.0420.